The van der Waals surface area contributed by atoms with Crippen LogP contribution in [0.1, 0.15) is 47.9 Å². The van der Waals surface area contributed by atoms with Crippen LogP contribution in [0.2, 0.25) is 5.15 Å². The number of carbonyl (C=O) groups excluding carboxylic acids is 2. The summed E-state index contributed by atoms with van der Waals surface area (Å²) in [7, 11) is 1.51. The number of aryl methyl sites for hydroxylation is 1. The van der Waals surface area contributed by atoms with Crippen LogP contribution in [0.4, 0.5) is 5.82 Å². The molecule has 2 heterocycles. The zero-order chi connectivity index (χ0) is 23.3. The number of rotatable bonds is 7. The fourth-order valence-electron chi connectivity index (χ4n) is 4.05. The van der Waals surface area contributed by atoms with Gasteiger partial charge in [0, 0.05) is 18.7 Å². The van der Waals surface area contributed by atoms with Crippen LogP contribution >= 0.6 is 11.6 Å². The monoisotopic (exact) mass is 459 g/mol. The summed E-state index contributed by atoms with van der Waals surface area (Å²) in [6, 6.07) is 6.33. The second-order valence-electron chi connectivity index (χ2n) is 8.13. The fraction of sp³-hybridized carbons (Fsp3) is 0.478. The molecule has 1 aliphatic rings. The number of piperidine rings is 1. The van der Waals surface area contributed by atoms with Crippen molar-refractivity contribution in [3.8, 4) is 5.75 Å². The van der Waals surface area contributed by atoms with Gasteiger partial charge < -0.3 is 20.7 Å². The Morgan fingerprint density at radius 2 is 1.97 bits per heavy atom. The Morgan fingerprint density at radius 3 is 2.62 bits per heavy atom. The molecule has 0 spiro atoms. The van der Waals surface area contributed by atoms with Crippen molar-refractivity contribution in [2.45, 2.75) is 45.6 Å². The molecule has 32 heavy (non-hydrogen) atoms. The first-order chi connectivity index (χ1) is 15.3. The van der Waals surface area contributed by atoms with Gasteiger partial charge in [0.05, 0.1) is 12.7 Å². The number of ether oxygens (including phenoxy) is 1. The van der Waals surface area contributed by atoms with Crippen molar-refractivity contribution in [1.82, 2.24) is 20.2 Å². The molecule has 1 atom stereocenters. The summed E-state index contributed by atoms with van der Waals surface area (Å²) in [6.45, 7) is 4.79. The van der Waals surface area contributed by atoms with Gasteiger partial charge in [-0.2, -0.15) is 0 Å². The van der Waals surface area contributed by atoms with E-state index in [4.69, 9.17) is 22.1 Å². The van der Waals surface area contributed by atoms with Crippen molar-refractivity contribution in [2.75, 3.05) is 25.9 Å². The zero-order valence-corrected chi connectivity index (χ0v) is 19.5. The number of nitrogens with zero attached hydrogens (tertiary/aromatic N) is 3. The maximum atomic E-state index is 12.9. The molecule has 1 aromatic carbocycles. The van der Waals surface area contributed by atoms with E-state index >= 15 is 0 Å². The Balaban J connectivity index is 1.49. The number of likely N-dealkylation sites (tertiary alicyclic amines) is 1. The van der Waals surface area contributed by atoms with E-state index in [-0.39, 0.29) is 11.8 Å². The predicted octanol–water partition coefficient (Wildman–Crippen LogP) is 3.02. The Hall–Kier alpha value is -2.87. The fourth-order valence-corrected chi connectivity index (χ4v) is 4.36. The Bertz CT molecular complexity index is 953. The van der Waals surface area contributed by atoms with E-state index in [1.807, 2.05) is 4.90 Å². The number of para-hydroxylation sites is 1. The molecule has 1 unspecified atom stereocenters. The van der Waals surface area contributed by atoms with Gasteiger partial charge in [0.25, 0.3) is 5.91 Å². The predicted molar refractivity (Wildman–Crippen MR) is 124 cm³/mol. The third kappa shape index (κ3) is 5.68. The molecule has 1 fully saturated rings. The third-order valence-corrected chi connectivity index (χ3v) is 6.21. The SMILES string of the molecule is COc1ccccc1C(=O)NC(C)C(=O)N1CCC(CCc2c(N)nc(C)nc2Cl)CC1. The van der Waals surface area contributed by atoms with Crippen LogP contribution in [0.25, 0.3) is 0 Å². The largest absolute Gasteiger partial charge is 0.496 e. The van der Waals surface area contributed by atoms with Gasteiger partial charge in [0.15, 0.2) is 0 Å². The maximum absolute atomic E-state index is 12.9. The number of carbonyl (C=O) groups is 2. The van der Waals surface area contributed by atoms with Crippen molar-refractivity contribution in [1.29, 1.82) is 0 Å². The van der Waals surface area contributed by atoms with Crippen LogP contribution in [-0.4, -0.2) is 52.9 Å². The van der Waals surface area contributed by atoms with Gasteiger partial charge in [-0.25, -0.2) is 9.97 Å². The second kappa shape index (κ2) is 10.6. The van der Waals surface area contributed by atoms with E-state index in [2.05, 4.69) is 15.3 Å². The molecule has 0 aliphatic carbocycles. The standard InChI is InChI=1S/C23H30ClN5O3/c1-14(26-22(30)17-6-4-5-7-19(17)32-3)23(31)29-12-10-16(11-13-29)8-9-18-20(24)27-15(2)28-21(18)25/h4-7,14,16H,8-13H2,1-3H3,(H,26,30)(H2,25,27,28). The molecule has 1 aliphatic heterocycles. The summed E-state index contributed by atoms with van der Waals surface area (Å²) < 4.78 is 5.23. The van der Waals surface area contributed by atoms with Gasteiger partial charge in [0.1, 0.15) is 28.6 Å². The molecule has 0 saturated carbocycles. The Kier molecular flexibility index (Phi) is 7.90. The molecular weight excluding hydrogens is 430 g/mol. The van der Waals surface area contributed by atoms with Gasteiger partial charge in [-0.15, -0.1) is 0 Å². The first-order valence-corrected chi connectivity index (χ1v) is 11.2. The van der Waals surface area contributed by atoms with Crippen LogP contribution in [-0.2, 0) is 11.2 Å². The highest BCUT2D eigenvalue weighted by molar-refractivity contribution is 6.30. The number of aromatic nitrogens is 2. The van der Waals surface area contributed by atoms with Crippen LogP contribution in [0.5, 0.6) is 5.75 Å². The van der Waals surface area contributed by atoms with Crippen LogP contribution in [0.3, 0.4) is 0 Å². The van der Waals surface area contributed by atoms with Crippen molar-refractivity contribution in [3.63, 3.8) is 0 Å². The lowest BCUT2D eigenvalue weighted by Crippen LogP contribution is -2.49. The topological polar surface area (TPSA) is 110 Å². The van der Waals surface area contributed by atoms with Crippen LogP contribution in [0.15, 0.2) is 24.3 Å². The highest BCUT2D eigenvalue weighted by atomic mass is 35.5. The van der Waals surface area contributed by atoms with Crippen LogP contribution in [0, 0.1) is 12.8 Å². The Labute approximate surface area is 193 Å². The van der Waals surface area contributed by atoms with Gasteiger partial charge in [-0.1, -0.05) is 23.7 Å². The number of nitrogens with two attached hydrogens (primary N) is 1. The van der Waals surface area contributed by atoms with E-state index in [9.17, 15) is 9.59 Å². The summed E-state index contributed by atoms with van der Waals surface area (Å²) in [5.74, 6) is 1.54. The Morgan fingerprint density at radius 1 is 1.28 bits per heavy atom. The number of methoxy groups -OCH3 is 1. The number of nitrogens with one attached hydrogen (secondary N) is 1. The summed E-state index contributed by atoms with van der Waals surface area (Å²) >= 11 is 6.23. The van der Waals surface area contributed by atoms with Gasteiger partial charge >= 0.3 is 0 Å². The van der Waals surface area contributed by atoms with Crippen molar-refractivity contribution in [3.05, 3.63) is 46.4 Å². The lowest BCUT2D eigenvalue weighted by atomic mass is 9.90. The average molecular weight is 460 g/mol. The summed E-state index contributed by atoms with van der Waals surface area (Å²) in [5.41, 5.74) is 7.21. The summed E-state index contributed by atoms with van der Waals surface area (Å²) in [4.78, 5) is 35.6. The average Bonchev–Trinajstić information content (AvgIpc) is 2.78. The molecule has 1 aromatic heterocycles. The first kappa shape index (κ1) is 23.8. The number of halogens is 1. The number of anilines is 1. The molecule has 2 amide bonds. The first-order valence-electron chi connectivity index (χ1n) is 10.8. The third-order valence-electron chi connectivity index (χ3n) is 5.90. The lowest BCUT2D eigenvalue weighted by molar-refractivity contribution is -0.134. The minimum Gasteiger partial charge on any atom is -0.496 e. The number of hydrogen-bond donors (Lipinski definition) is 2. The van der Waals surface area contributed by atoms with E-state index in [1.54, 1.807) is 38.1 Å². The molecular formula is C23H30ClN5O3. The van der Waals surface area contributed by atoms with E-state index in [0.717, 1.165) is 31.2 Å². The molecule has 1 saturated heterocycles. The highest BCUT2D eigenvalue weighted by Gasteiger charge is 2.27. The smallest absolute Gasteiger partial charge is 0.255 e. The minimum atomic E-state index is -0.618. The van der Waals surface area contributed by atoms with E-state index < -0.39 is 6.04 Å². The summed E-state index contributed by atoms with van der Waals surface area (Å²) in [5, 5.41) is 3.21. The number of nitrogen functional groups attached to an aromatic ring is 1. The van der Waals surface area contributed by atoms with E-state index in [0.29, 0.717) is 47.1 Å². The number of benzene rings is 1. The second-order valence-corrected chi connectivity index (χ2v) is 8.49. The molecule has 0 bridgehead atoms. The quantitative estimate of drug-likeness (QED) is 0.616. The van der Waals surface area contributed by atoms with E-state index in [1.165, 1.54) is 7.11 Å². The molecule has 9 heteroatoms. The molecule has 8 nitrogen and oxygen atoms in total. The van der Waals surface area contributed by atoms with Crippen molar-refractivity contribution >= 4 is 29.2 Å². The molecule has 0 radical (unpaired) electrons. The summed E-state index contributed by atoms with van der Waals surface area (Å²) in [6.07, 6.45) is 3.42. The normalized spacial score (nSPS) is 15.3. The maximum Gasteiger partial charge on any atom is 0.255 e. The van der Waals surface area contributed by atoms with Gasteiger partial charge in [0.2, 0.25) is 5.91 Å². The van der Waals surface area contributed by atoms with Crippen molar-refractivity contribution < 1.29 is 14.3 Å². The lowest BCUT2D eigenvalue weighted by Gasteiger charge is -2.34. The molecule has 2 aromatic rings. The van der Waals surface area contributed by atoms with Crippen molar-refractivity contribution in [2.24, 2.45) is 5.92 Å². The van der Waals surface area contributed by atoms with Gasteiger partial charge in [-0.3, -0.25) is 9.59 Å². The number of amides is 2. The molecule has 3 N–H and O–H groups in total. The highest BCUT2D eigenvalue weighted by Crippen LogP contribution is 2.27. The van der Waals surface area contributed by atoms with Gasteiger partial charge in [-0.05, 0) is 57.6 Å². The van der Waals surface area contributed by atoms with Crippen LogP contribution < -0.4 is 15.8 Å². The molecule has 3 rings (SSSR count). The number of hydrogen-bond acceptors (Lipinski definition) is 6. The minimum absolute atomic E-state index is 0.0779. The zero-order valence-electron chi connectivity index (χ0n) is 18.7. The molecule has 172 valence electrons.